The van der Waals surface area contributed by atoms with E-state index in [4.69, 9.17) is 0 Å². The molecule has 3 rings (SSSR count). The Kier molecular flexibility index (Phi) is 3.79. The SMILES string of the molecule is Cc1ccnc(NCC(O)c2ccc3ccccc3c2)n1. The van der Waals surface area contributed by atoms with Gasteiger partial charge in [0.25, 0.3) is 0 Å². The van der Waals surface area contributed by atoms with Crippen molar-refractivity contribution < 1.29 is 5.11 Å². The Hall–Kier alpha value is -2.46. The number of benzene rings is 2. The van der Waals surface area contributed by atoms with E-state index in [9.17, 15) is 5.11 Å². The van der Waals surface area contributed by atoms with Crippen molar-refractivity contribution in [2.75, 3.05) is 11.9 Å². The van der Waals surface area contributed by atoms with Crippen LogP contribution < -0.4 is 5.32 Å². The standard InChI is InChI=1S/C17H17N3O/c1-12-8-9-18-17(20-12)19-11-16(21)15-7-6-13-4-2-3-5-14(13)10-15/h2-10,16,21H,11H2,1H3,(H,18,19,20). The molecule has 106 valence electrons. The van der Waals surface area contributed by atoms with E-state index in [1.165, 1.54) is 5.39 Å². The van der Waals surface area contributed by atoms with E-state index in [1.54, 1.807) is 6.20 Å². The molecule has 0 saturated carbocycles. The summed E-state index contributed by atoms with van der Waals surface area (Å²) in [5.74, 6) is 0.537. The van der Waals surface area contributed by atoms with Crippen molar-refractivity contribution in [3.63, 3.8) is 0 Å². The van der Waals surface area contributed by atoms with Crippen molar-refractivity contribution in [2.24, 2.45) is 0 Å². The summed E-state index contributed by atoms with van der Waals surface area (Å²) in [6.45, 7) is 2.29. The van der Waals surface area contributed by atoms with E-state index in [0.29, 0.717) is 12.5 Å². The van der Waals surface area contributed by atoms with E-state index in [-0.39, 0.29) is 0 Å². The Morgan fingerprint density at radius 2 is 1.90 bits per heavy atom. The Labute approximate surface area is 123 Å². The molecule has 0 aliphatic rings. The maximum Gasteiger partial charge on any atom is 0.222 e. The molecule has 1 aromatic heterocycles. The second kappa shape index (κ2) is 5.89. The Balaban J connectivity index is 1.73. The summed E-state index contributed by atoms with van der Waals surface area (Å²) in [5.41, 5.74) is 1.78. The molecule has 1 unspecified atom stereocenters. The summed E-state index contributed by atoms with van der Waals surface area (Å²) >= 11 is 0. The van der Waals surface area contributed by atoms with Crippen LogP contribution in [0.15, 0.2) is 54.7 Å². The molecule has 1 atom stereocenters. The zero-order valence-electron chi connectivity index (χ0n) is 11.8. The van der Waals surface area contributed by atoms with Gasteiger partial charge in [-0.1, -0.05) is 36.4 Å². The van der Waals surface area contributed by atoms with Crippen molar-refractivity contribution >= 4 is 16.7 Å². The molecule has 3 aromatic rings. The van der Waals surface area contributed by atoms with Crippen molar-refractivity contribution in [3.05, 3.63) is 66.0 Å². The molecule has 4 nitrogen and oxygen atoms in total. The second-order valence-corrected chi connectivity index (χ2v) is 5.02. The van der Waals surface area contributed by atoms with Crippen LogP contribution in [0.3, 0.4) is 0 Å². The fourth-order valence-corrected chi connectivity index (χ4v) is 2.25. The zero-order valence-corrected chi connectivity index (χ0v) is 11.8. The molecule has 0 amide bonds. The first-order chi connectivity index (χ1) is 10.2. The van der Waals surface area contributed by atoms with Crippen LogP contribution in [-0.2, 0) is 0 Å². The van der Waals surface area contributed by atoms with Crippen molar-refractivity contribution in [1.29, 1.82) is 0 Å². The molecule has 2 aromatic carbocycles. The lowest BCUT2D eigenvalue weighted by molar-refractivity contribution is 0.191. The third-order valence-corrected chi connectivity index (χ3v) is 3.41. The van der Waals surface area contributed by atoms with Gasteiger partial charge in [0.2, 0.25) is 5.95 Å². The minimum absolute atomic E-state index is 0.377. The highest BCUT2D eigenvalue weighted by molar-refractivity contribution is 5.83. The number of aryl methyl sites for hydroxylation is 1. The third kappa shape index (κ3) is 3.17. The van der Waals surface area contributed by atoms with Crippen LogP contribution in [0, 0.1) is 6.92 Å². The number of nitrogens with one attached hydrogen (secondary N) is 1. The lowest BCUT2D eigenvalue weighted by atomic mass is 10.0. The van der Waals surface area contributed by atoms with Gasteiger partial charge in [0.1, 0.15) is 0 Å². The first kappa shape index (κ1) is 13.5. The van der Waals surface area contributed by atoms with Crippen LogP contribution in [0.5, 0.6) is 0 Å². The van der Waals surface area contributed by atoms with Gasteiger partial charge in [0, 0.05) is 18.4 Å². The smallest absolute Gasteiger partial charge is 0.222 e. The predicted molar refractivity (Wildman–Crippen MR) is 84.2 cm³/mol. The van der Waals surface area contributed by atoms with E-state index in [0.717, 1.165) is 16.6 Å². The van der Waals surface area contributed by atoms with Crippen molar-refractivity contribution in [1.82, 2.24) is 9.97 Å². The molecule has 2 N–H and O–H groups in total. The molecule has 0 aliphatic carbocycles. The van der Waals surface area contributed by atoms with Gasteiger partial charge in [0.15, 0.2) is 0 Å². The van der Waals surface area contributed by atoms with Crippen LogP contribution in [0.2, 0.25) is 0 Å². The molecule has 0 bridgehead atoms. The Morgan fingerprint density at radius 3 is 2.71 bits per heavy atom. The monoisotopic (exact) mass is 279 g/mol. The van der Waals surface area contributed by atoms with Crippen LogP contribution in [0.25, 0.3) is 10.8 Å². The summed E-state index contributed by atoms with van der Waals surface area (Å²) < 4.78 is 0. The molecule has 0 radical (unpaired) electrons. The summed E-state index contributed by atoms with van der Waals surface area (Å²) in [5, 5.41) is 15.6. The number of rotatable bonds is 4. The summed E-state index contributed by atoms with van der Waals surface area (Å²) in [4.78, 5) is 8.38. The predicted octanol–water partition coefficient (Wildman–Crippen LogP) is 3.08. The van der Waals surface area contributed by atoms with Crippen LogP contribution in [0.4, 0.5) is 5.95 Å². The number of fused-ring (bicyclic) bond motifs is 1. The Bertz CT molecular complexity index is 758. The third-order valence-electron chi connectivity index (χ3n) is 3.41. The average molecular weight is 279 g/mol. The zero-order chi connectivity index (χ0) is 14.7. The second-order valence-electron chi connectivity index (χ2n) is 5.02. The minimum Gasteiger partial charge on any atom is -0.387 e. The van der Waals surface area contributed by atoms with Gasteiger partial charge in [-0.25, -0.2) is 9.97 Å². The minimum atomic E-state index is -0.598. The first-order valence-corrected chi connectivity index (χ1v) is 6.93. The maximum atomic E-state index is 10.3. The lowest BCUT2D eigenvalue weighted by Gasteiger charge is -2.13. The number of aromatic nitrogens is 2. The van der Waals surface area contributed by atoms with Gasteiger partial charge < -0.3 is 10.4 Å². The van der Waals surface area contributed by atoms with Gasteiger partial charge in [-0.2, -0.15) is 0 Å². The van der Waals surface area contributed by atoms with Crippen LogP contribution in [0.1, 0.15) is 17.4 Å². The first-order valence-electron chi connectivity index (χ1n) is 6.93. The maximum absolute atomic E-state index is 10.3. The number of hydrogen-bond acceptors (Lipinski definition) is 4. The molecule has 1 heterocycles. The molecular weight excluding hydrogens is 262 g/mol. The molecule has 0 saturated heterocycles. The van der Waals surface area contributed by atoms with Gasteiger partial charge in [-0.3, -0.25) is 0 Å². The summed E-state index contributed by atoms with van der Waals surface area (Å²) in [6.07, 6.45) is 1.10. The average Bonchev–Trinajstić information content (AvgIpc) is 2.52. The summed E-state index contributed by atoms with van der Waals surface area (Å²) in [7, 11) is 0. The fourth-order valence-electron chi connectivity index (χ4n) is 2.25. The van der Waals surface area contributed by atoms with Crippen molar-refractivity contribution in [2.45, 2.75) is 13.0 Å². The van der Waals surface area contributed by atoms with E-state index in [2.05, 4.69) is 21.4 Å². The number of hydrogen-bond donors (Lipinski definition) is 2. The highest BCUT2D eigenvalue weighted by Crippen LogP contribution is 2.20. The van der Waals surface area contributed by atoms with Gasteiger partial charge in [-0.05, 0) is 35.4 Å². The highest BCUT2D eigenvalue weighted by atomic mass is 16.3. The molecule has 0 spiro atoms. The number of aliphatic hydroxyl groups excluding tert-OH is 1. The lowest BCUT2D eigenvalue weighted by Crippen LogP contribution is -2.14. The van der Waals surface area contributed by atoms with E-state index >= 15 is 0 Å². The quantitative estimate of drug-likeness (QED) is 0.770. The van der Waals surface area contributed by atoms with Crippen LogP contribution in [-0.4, -0.2) is 21.6 Å². The molecule has 4 heteroatoms. The fraction of sp³-hybridized carbons (Fsp3) is 0.176. The molecular formula is C17H17N3O. The van der Waals surface area contributed by atoms with Gasteiger partial charge >= 0.3 is 0 Å². The number of aliphatic hydroxyl groups is 1. The van der Waals surface area contributed by atoms with Gasteiger partial charge in [0.05, 0.1) is 6.10 Å². The highest BCUT2D eigenvalue weighted by Gasteiger charge is 2.08. The number of anilines is 1. The normalized spacial score (nSPS) is 12.3. The van der Waals surface area contributed by atoms with Gasteiger partial charge in [-0.15, -0.1) is 0 Å². The van der Waals surface area contributed by atoms with E-state index in [1.807, 2.05) is 49.4 Å². The molecule has 21 heavy (non-hydrogen) atoms. The van der Waals surface area contributed by atoms with Crippen molar-refractivity contribution in [3.8, 4) is 0 Å². The molecule has 0 fully saturated rings. The Morgan fingerprint density at radius 1 is 1.10 bits per heavy atom. The number of nitrogens with zero attached hydrogens (tertiary/aromatic N) is 2. The summed E-state index contributed by atoms with van der Waals surface area (Å²) in [6, 6.07) is 15.9. The van der Waals surface area contributed by atoms with Crippen LogP contribution >= 0.6 is 0 Å². The molecule has 0 aliphatic heterocycles. The van der Waals surface area contributed by atoms with E-state index < -0.39 is 6.10 Å². The topological polar surface area (TPSA) is 58.0 Å². The largest absolute Gasteiger partial charge is 0.387 e.